The van der Waals surface area contributed by atoms with Gasteiger partial charge in [-0.3, -0.25) is 19.2 Å². The van der Waals surface area contributed by atoms with Crippen LogP contribution in [0.5, 0.6) is 0 Å². The highest BCUT2D eigenvalue weighted by molar-refractivity contribution is 7.93. The summed E-state index contributed by atoms with van der Waals surface area (Å²) in [4.78, 5) is 39.0. The Hall–Kier alpha value is -5.42. The van der Waals surface area contributed by atoms with Gasteiger partial charge in [-0.25, -0.2) is 13.2 Å². The molecule has 49 heavy (non-hydrogen) atoms. The second kappa shape index (κ2) is 15.7. The van der Waals surface area contributed by atoms with Gasteiger partial charge in [0.1, 0.15) is 4.90 Å². The molecule has 0 fully saturated rings. The molecule has 4 aromatic rings. The number of anilines is 3. The predicted molar refractivity (Wildman–Crippen MR) is 192 cm³/mol. The molecule has 3 amide bonds. The first-order valence-electron chi connectivity index (χ1n) is 16.2. The number of carbonyl (C=O) groups is 3. The van der Waals surface area contributed by atoms with E-state index in [1.165, 1.54) is 16.9 Å². The molecule has 254 valence electrons. The van der Waals surface area contributed by atoms with Gasteiger partial charge < -0.3 is 15.7 Å². The monoisotopic (exact) mass is 680 g/mol. The van der Waals surface area contributed by atoms with Crippen molar-refractivity contribution in [2.45, 2.75) is 57.4 Å². The highest BCUT2D eigenvalue weighted by Gasteiger charge is 2.26. The summed E-state index contributed by atoms with van der Waals surface area (Å²) in [5.74, 6) is -1.40. The fraction of sp³-hybridized carbons (Fsp3) is 0.237. The van der Waals surface area contributed by atoms with Crippen LogP contribution in [0.2, 0.25) is 0 Å². The number of aryl methyl sites for hydroxylation is 1. The summed E-state index contributed by atoms with van der Waals surface area (Å²) in [5, 5.41) is 14.3. The minimum absolute atomic E-state index is 0.00776. The van der Waals surface area contributed by atoms with Crippen LogP contribution in [0.25, 0.3) is 5.57 Å². The van der Waals surface area contributed by atoms with Crippen LogP contribution >= 0.6 is 0 Å². The number of hydrogen-bond acceptors (Lipinski definition) is 5. The molecule has 1 aliphatic rings. The molecule has 0 unspecified atom stereocenters. The largest absolute Gasteiger partial charge is 0.481 e. The van der Waals surface area contributed by atoms with Crippen molar-refractivity contribution in [3.63, 3.8) is 0 Å². The molecule has 1 aliphatic carbocycles. The fourth-order valence-corrected chi connectivity index (χ4v) is 7.22. The molecule has 10 nitrogen and oxygen atoms in total. The first-order valence-corrected chi connectivity index (χ1v) is 17.6. The van der Waals surface area contributed by atoms with E-state index >= 15 is 0 Å². The van der Waals surface area contributed by atoms with E-state index in [2.05, 4.69) is 21.4 Å². The molecule has 0 aromatic heterocycles. The van der Waals surface area contributed by atoms with Crippen LogP contribution < -0.4 is 20.3 Å². The molecule has 0 heterocycles. The van der Waals surface area contributed by atoms with Crippen LogP contribution in [-0.2, 0) is 21.4 Å². The lowest BCUT2D eigenvalue weighted by Gasteiger charge is -2.25. The van der Waals surface area contributed by atoms with Crippen molar-refractivity contribution in [2.24, 2.45) is 0 Å². The van der Waals surface area contributed by atoms with Gasteiger partial charge >= 0.3 is 12.0 Å². The zero-order chi connectivity index (χ0) is 35.0. The van der Waals surface area contributed by atoms with E-state index in [1.807, 2.05) is 31.2 Å². The molecular weight excluding hydrogens is 641 g/mol. The number of sulfonamides is 1. The Morgan fingerprint density at radius 2 is 1.57 bits per heavy atom. The van der Waals surface area contributed by atoms with Gasteiger partial charge in [0.05, 0.1) is 18.7 Å². The second-order valence-corrected chi connectivity index (χ2v) is 13.6. The van der Waals surface area contributed by atoms with E-state index in [0.717, 1.165) is 36.0 Å². The first kappa shape index (κ1) is 34.9. The van der Waals surface area contributed by atoms with Gasteiger partial charge in [0.25, 0.3) is 15.9 Å². The highest BCUT2D eigenvalue weighted by Crippen LogP contribution is 2.32. The van der Waals surface area contributed by atoms with Gasteiger partial charge in [-0.1, -0.05) is 54.6 Å². The van der Waals surface area contributed by atoms with E-state index in [-0.39, 0.29) is 30.1 Å². The number of carbonyl (C=O) groups excluding carboxylic acids is 2. The number of urea groups is 1. The zero-order valence-electron chi connectivity index (χ0n) is 27.5. The minimum Gasteiger partial charge on any atom is -0.481 e. The SMILES string of the molecule is Cc1ccc(NC(=O)N(Cc2ccc(C(=O)NCCC(=O)O)cc2)c2ccc(C3=CCCCC3)cc2)c(S(=O)(=O)Nc2ccccc2)c1C. The Morgan fingerprint density at radius 1 is 0.857 bits per heavy atom. The molecule has 4 N–H and O–H groups in total. The average Bonchev–Trinajstić information content (AvgIpc) is 3.09. The Labute approximate surface area is 286 Å². The summed E-state index contributed by atoms with van der Waals surface area (Å²) in [5.41, 5.74) is 5.84. The topological polar surface area (TPSA) is 145 Å². The molecule has 0 atom stereocenters. The van der Waals surface area contributed by atoms with Crippen molar-refractivity contribution in [2.75, 3.05) is 21.5 Å². The molecule has 0 aliphatic heterocycles. The standard InChI is InChI=1S/C38H40N4O6S/c1-26-13-22-34(36(27(26)2)49(47,48)41-32-11-7-4-8-12-32)40-38(46)42(33-20-18-30(19-21-33)29-9-5-3-6-10-29)25-28-14-16-31(17-15-28)37(45)39-24-23-35(43)44/h4,7-9,11-22,41H,3,5-6,10,23-25H2,1-2H3,(H,39,45)(H,40,46)(H,43,44). The number of aliphatic carboxylic acids is 1. The van der Waals surface area contributed by atoms with Gasteiger partial charge in [0.2, 0.25) is 0 Å². The molecule has 0 saturated heterocycles. The molecule has 4 aromatic carbocycles. The average molecular weight is 681 g/mol. The normalized spacial score (nSPS) is 12.8. The van der Waals surface area contributed by atoms with Crippen LogP contribution in [0.4, 0.5) is 21.9 Å². The van der Waals surface area contributed by atoms with Crippen molar-refractivity contribution in [3.8, 4) is 0 Å². The number of allylic oxidation sites excluding steroid dienone is 2. The number of nitrogens with one attached hydrogen (secondary N) is 3. The molecule has 0 saturated carbocycles. The predicted octanol–water partition coefficient (Wildman–Crippen LogP) is 7.50. The lowest BCUT2D eigenvalue weighted by Crippen LogP contribution is -2.35. The smallest absolute Gasteiger partial charge is 0.326 e. The number of nitrogens with zero attached hydrogens (tertiary/aromatic N) is 1. The number of carboxylic acid groups (broad SMARTS) is 1. The van der Waals surface area contributed by atoms with Crippen LogP contribution in [0.15, 0.2) is 102 Å². The highest BCUT2D eigenvalue weighted by atomic mass is 32.2. The molecule has 5 rings (SSSR count). The third-order valence-corrected chi connectivity index (χ3v) is 10.0. The first-order chi connectivity index (χ1) is 23.5. The maximum Gasteiger partial charge on any atom is 0.326 e. The molecule has 0 bridgehead atoms. The molecule has 0 radical (unpaired) electrons. The lowest BCUT2D eigenvalue weighted by atomic mass is 9.93. The van der Waals surface area contributed by atoms with E-state index in [9.17, 15) is 22.8 Å². The summed E-state index contributed by atoms with van der Waals surface area (Å²) >= 11 is 0. The lowest BCUT2D eigenvalue weighted by molar-refractivity contribution is -0.136. The van der Waals surface area contributed by atoms with Gasteiger partial charge in [-0.2, -0.15) is 0 Å². The minimum atomic E-state index is -4.09. The van der Waals surface area contributed by atoms with Crippen LogP contribution in [-0.4, -0.2) is 38.0 Å². The summed E-state index contributed by atoms with van der Waals surface area (Å²) in [7, 11) is -4.09. The van der Waals surface area contributed by atoms with Gasteiger partial charge in [-0.05, 0) is 110 Å². The van der Waals surface area contributed by atoms with E-state index in [0.29, 0.717) is 22.5 Å². The zero-order valence-corrected chi connectivity index (χ0v) is 28.3. The number of amides is 3. The molecular formula is C38H40N4O6S. The van der Waals surface area contributed by atoms with Crippen molar-refractivity contribution in [1.82, 2.24) is 5.32 Å². The maximum atomic E-state index is 14.2. The molecule has 11 heteroatoms. The summed E-state index contributed by atoms with van der Waals surface area (Å²) in [6, 6.07) is 25.8. The van der Waals surface area contributed by atoms with Gasteiger partial charge in [0.15, 0.2) is 0 Å². The van der Waals surface area contributed by atoms with Crippen molar-refractivity contribution >= 4 is 50.6 Å². The quantitative estimate of drug-likeness (QED) is 0.122. The molecule has 0 spiro atoms. The Morgan fingerprint density at radius 3 is 2.22 bits per heavy atom. The number of hydrogen-bond donors (Lipinski definition) is 4. The van der Waals surface area contributed by atoms with E-state index < -0.39 is 27.9 Å². The van der Waals surface area contributed by atoms with E-state index in [1.54, 1.807) is 73.7 Å². The summed E-state index contributed by atoms with van der Waals surface area (Å²) in [6.07, 6.45) is 6.43. The number of rotatable bonds is 12. The van der Waals surface area contributed by atoms with Gasteiger partial charge in [0, 0.05) is 23.5 Å². The summed E-state index contributed by atoms with van der Waals surface area (Å²) in [6.45, 7) is 3.65. The summed E-state index contributed by atoms with van der Waals surface area (Å²) < 4.78 is 30.1. The maximum absolute atomic E-state index is 14.2. The number of para-hydroxylation sites is 1. The van der Waals surface area contributed by atoms with Gasteiger partial charge in [-0.15, -0.1) is 0 Å². The number of carboxylic acids is 1. The van der Waals surface area contributed by atoms with Crippen molar-refractivity contribution in [1.29, 1.82) is 0 Å². The fourth-order valence-electron chi connectivity index (χ4n) is 5.70. The Kier molecular flexibility index (Phi) is 11.1. The third kappa shape index (κ3) is 8.94. The van der Waals surface area contributed by atoms with Crippen LogP contribution in [0, 0.1) is 13.8 Å². The van der Waals surface area contributed by atoms with Crippen molar-refractivity contribution in [3.05, 3.63) is 125 Å². The van der Waals surface area contributed by atoms with Crippen LogP contribution in [0.3, 0.4) is 0 Å². The number of benzene rings is 4. The van der Waals surface area contributed by atoms with Crippen molar-refractivity contribution < 1.29 is 27.9 Å². The third-order valence-electron chi connectivity index (χ3n) is 8.48. The van der Waals surface area contributed by atoms with Crippen LogP contribution in [0.1, 0.15) is 64.7 Å². The van der Waals surface area contributed by atoms with E-state index in [4.69, 9.17) is 5.11 Å². The Bertz CT molecular complexity index is 1960. The second-order valence-electron chi connectivity index (χ2n) is 12.0. The Balaban J connectivity index is 1.44.